The van der Waals surface area contributed by atoms with Gasteiger partial charge in [-0.15, -0.1) is 0 Å². The number of hydrogen-bond acceptors (Lipinski definition) is 2. The molecule has 0 saturated carbocycles. The lowest BCUT2D eigenvalue weighted by Crippen LogP contribution is -2.12. The van der Waals surface area contributed by atoms with Crippen LogP contribution in [0, 0.1) is 5.82 Å². The van der Waals surface area contributed by atoms with Crippen molar-refractivity contribution in [1.29, 1.82) is 0 Å². The molecule has 0 radical (unpaired) electrons. The van der Waals surface area contributed by atoms with Crippen LogP contribution in [-0.2, 0) is 22.6 Å². The van der Waals surface area contributed by atoms with Gasteiger partial charge in [0.25, 0.3) is 0 Å². The van der Waals surface area contributed by atoms with Gasteiger partial charge in [0.05, 0.1) is 6.61 Å². The average Bonchev–Trinajstić information content (AvgIpc) is 2.47. The van der Waals surface area contributed by atoms with E-state index in [1.165, 1.54) is 6.07 Å². The summed E-state index contributed by atoms with van der Waals surface area (Å²) < 4.78 is 18.5. The predicted octanol–water partition coefficient (Wildman–Crippen LogP) is 3.54. The molecule has 0 unspecified atom stereocenters. The smallest absolute Gasteiger partial charge is 0.224 e. The molecule has 0 aliphatic heterocycles. The van der Waals surface area contributed by atoms with Crippen molar-refractivity contribution < 1.29 is 13.9 Å². The number of anilines is 1. The van der Waals surface area contributed by atoms with Gasteiger partial charge in [0.15, 0.2) is 0 Å². The fourth-order valence-electron chi connectivity index (χ4n) is 2.08. The summed E-state index contributed by atoms with van der Waals surface area (Å²) in [5.74, 6) is -0.403. The Balaban J connectivity index is 1.90. The highest BCUT2D eigenvalue weighted by Gasteiger charge is 2.06. The Labute approximate surface area is 123 Å². The van der Waals surface area contributed by atoms with Gasteiger partial charge < -0.3 is 10.1 Å². The molecule has 2 aromatic rings. The third-order valence-electron chi connectivity index (χ3n) is 3.10. The fourth-order valence-corrected chi connectivity index (χ4v) is 2.08. The van der Waals surface area contributed by atoms with Gasteiger partial charge >= 0.3 is 0 Å². The summed E-state index contributed by atoms with van der Waals surface area (Å²) in [5.41, 5.74) is 2.27. The first-order valence-electron chi connectivity index (χ1n) is 6.80. The number of ether oxygens (including phenoxy) is 1. The second kappa shape index (κ2) is 7.55. The van der Waals surface area contributed by atoms with Gasteiger partial charge in [-0.05, 0) is 35.7 Å². The summed E-state index contributed by atoms with van der Waals surface area (Å²) in [5, 5.41) is 2.81. The van der Waals surface area contributed by atoms with Crippen LogP contribution in [0.3, 0.4) is 0 Å². The molecule has 21 heavy (non-hydrogen) atoms. The number of carbonyl (C=O) groups is 1. The van der Waals surface area contributed by atoms with Crippen molar-refractivity contribution >= 4 is 11.6 Å². The van der Waals surface area contributed by atoms with Gasteiger partial charge in [0, 0.05) is 19.2 Å². The summed E-state index contributed by atoms with van der Waals surface area (Å²) in [4.78, 5) is 11.9. The second-order valence-electron chi connectivity index (χ2n) is 4.77. The standard InChI is InChI=1S/C17H18FNO2/c1-21-12-13-5-4-7-15(11-13)19-17(20)10-9-14-6-2-3-8-16(14)18/h2-8,11H,9-10,12H2,1H3,(H,19,20). The zero-order valence-corrected chi connectivity index (χ0v) is 11.9. The first-order chi connectivity index (χ1) is 10.2. The number of methoxy groups -OCH3 is 1. The summed E-state index contributed by atoms with van der Waals surface area (Å²) in [6.45, 7) is 0.499. The largest absolute Gasteiger partial charge is 0.380 e. The molecule has 2 rings (SSSR count). The second-order valence-corrected chi connectivity index (χ2v) is 4.77. The molecule has 1 amide bonds. The molecule has 0 spiro atoms. The minimum Gasteiger partial charge on any atom is -0.380 e. The Hall–Kier alpha value is -2.20. The van der Waals surface area contributed by atoms with Crippen molar-refractivity contribution in [3.8, 4) is 0 Å². The van der Waals surface area contributed by atoms with Crippen LogP contribution in [0.15, 0.2) is 48.5 Å². The van der Waals surface area contributed by atoms with Crippen LogP contribution in [0.25, 0.3) is 0 Å². The Bertz CT molecular complexity index is 613. The van der Waals surface area contributed by atoms with E-state index in [4.69, 9.17) is 4.74 Å². The monoisotopic (exact) mass is 287 g/mol. The maximum Gasteiger partial charge on any atom is 0.224 e. The highest BCUT2D eigenvalue weighted by molar-refractivity contribution is 5.90. The van der Waals surface area contributed by atoms with Gasteiger partial charge in [-0.2, -0.15) is 0 Å². The van der Waals surface area contributed by atoms with E-state index in [1.807, 2.05) is 24.3 Å². The van der Waals surface area contributed by atoms with E-state index in [-0.39, 0.29) is 18.1 Å². The van der Waals surface area contributed by atoms with Crippen LogP contribution < -0.4 is 5.32 Å². The molecule has 0 bridgehead atoms. The molecule has 110 valence electrons. The SMILES string of the molecule is COCc1cccc(NC(=O)CCc2ccccc2F)c1. The fraction of sp³-hybridized carbons (Fsp3) is 0.235. The zero-order valence-electron chi connectivity index (χ0n) is 11.9. The molecule has 0 atom stereocenters. The number of halogens is 1. The van der Waals surface area contributed by atoms with E-state index in [9.17, 15) is 9.18 Å². The molecule has 3 nitrogen and oxygen atoms in total. The van der Waals surface area contributed by atoms with Crippen LogP contribution in [-0.4, -0.2) is 13.0 Å². The normalized spacial score (nSPS) is 10.4. The first-order valence-corrected chi connectivity index (χ1v) is 6.80. The van der Waals surface area contributed by atoms with Crippen molar-refractivity contribution in [1.82, 2.24) is 0 Å². The lowest BCUT2D eigenvalue weighted by atomic mass is 10.1. The lowest BCUT2D eigenvalue weighted by Gasteiger charge is -2.07. The molecule has 0 aromatic heterocycles. The van der Waals surface area contributed by atoms with Gasteiger partial charge in [0.1, 0.15) is 5.82 Å². The third-order valence-corrected chi connectivity index (χ3v) is 3.10. The molecular weight excluding hydrogens is 269 g/mol. The molecule has 1 N–H and O–H groups in total. The molecule has 4 heteroatoms. The van der Waals surface area contributed by atoms with E-state index in [1.54, 1.807) is 25.3 Å². The highest BCUT2D eigenvalue weighted by Crippen LogP contribution is 2.13. The van der Waals surface area contributed by atoms with Crippen LogP contribution in [0.4, 0.5) is 10.1 Å². The van der Waals surface area contributed by atoms with Crippen molar-refractivity contribution in [2.45, 2.75) is 19.4 Å². The number of benzene rings is 2. The van der Waals surface area contributed by atoms with Crippen molar-refractivity contribution in [3.05, 3.63) is 65.5 Å². The maximum atomic E-state index is 13.5. The molecule has 2 aromatic carbocycles. The third kappa shape index (κ3) is 4.68. The summed E-state index contributed by atoms with van der Waals surface area (Å²) in [6, 6.07) is 14.0. The molecule has 0 saturated heterocycles. The lowest BCUT2D eigenvalue weighted by molar-refractivity contribution is -0.116. The van der Waals surface area contributed by atoms with Crippen molar-refractivity contribution in [2.75, 3.05) is 12.4 Å². The number of hydrogen-bond donors (Lipinski definition) is 1. The Morgan fingerprint density at radius 2 is 2.00 bits per heavy atom. The van der Waals surface area contributed by atoms with Crippen LogP contribution in [0.2, 0.25) is 0 Å². The van der Waals surface area contributed by atoms with Crippen molar-refractivity contribution in [3.63, 3.8) is 0 Å². The predicted molar refractivity (Wildman–Crippen MR) is 80.5 cm³/mol. The maximum absolute atomic E-state index is 13.5. The van der Waals surface area contributed by atoms with Gasteiger partial charge in [-0.3, -0.25) is 4.79 Å². The number of amides is 1. The number of carbonyl (C=O) groups excluding carboxylic acids is 1. The quantitative estimate of drug-likeness (QED) is 0.882. The van der Waals surface area contributed by atoms with E-state index in [0.717, 1.165) is 11.3 Å². The zero-order chi connectivity index (χ0) is 15.1. The minimum atomic E-state index is -0.271. The number of aryl methyl sites for hydroxylation is 1. The topological polar surface area (TPSA) is 38.3 Å². The summed E-state index contributed by atoms with van der Waals surface area (Å²) in [6.07, 6.45) is 0.631. The minimum absolute atomic E-state index is 0.132. The summed E-state index contributed by atoms with van der Waals surface area (Å²) in [7, 11) is 1.62. The Morgan fingerprint density at radius 3 is 2.76 bits per heavy atom. The molecular formula is C17H18FNO2. The van der Waals surface area contributed by atoms with Gasteiger partial charge in [-0.25, -0.2) is 4.39 Å². The van der Waals surface area contributed by atoms with Crippen LogP contribution >= 0.6 is 0 Å². The average molecular weight is 287 g/mol. The van der Waals surface area contributed by atoms with Gasteiger partial charge in [0.2, 0.25) is 5.91 Å². The van der Waals surface area contributed by atoms with E-state index in [2.05, 4.69) is 5.32 Å². The Kier molecular flexibility index (Phi) is 5.46. The first kappa shape index (κ1) is 15.2. The summed E-state index contributed by atoms with van der Waals surface area (Å²) >= 11 is 0. The molecule has 0 heterocycles. The van der Waals surface area contributed by atoms with Crippen molar-refractivity contribution in [2.24, 2.45) is 0 Å². The number of rotatable bonds is 6. The van der Waals surface area contributed by atoms with E-state index < -0.39 is 0 Å². The molecule has 0 aliphatic rings. The number of nitrogens with one attached hydrogen (secondary N) is 1. The van der Waals surface area contributed by atoms with Crippen LogP contribution in [0.5, 0.6) is 0 Å². The van der Waals surface area contributed by atoms with Crippen LogP contribution in [0.1, 0.15) is 17.5 Å². The molecule has 0 fully saturated rings. The van der Waals surface area contributed by atoms with Gasteiger partial charge in [-0.1, -0.05) is 30.3 Å². The molecule has 0 aliphatic carbocycles. The highest BCUT2D eigenvalue weighted by atomic mass is 19.1. The Morgan fingerprint density at radius 1 is 1.19 bits per heavy atom. The van der Waals surface area contributed by atoms with E-state index in [0.29, 0.717) is 18.6 Å². The van der Waals surface area contributed by atoms with E-state index >= 15 is 0 Å².